The number of carbonyl (C=O) groups is 1. The highest BCUT2D eigenvalue weighted by atomic mass is 16.5. The minimum atomic E-state index is -0.173. The molecule has 0 spiro atoms. The number of nitrogens with one attached hydrogen (secondary N) is 1. The maximum absolute atomic E-state index is 12.4. The zero-order valence-electron chi connectivity index (χ0n) is 13.1. The number of carbonyl (C=O) groups excluding carboxylic acids is 1. The van der Waals surface area contributed by atoms with Crippen LogP contribution in [0.4, 0.5) is 5.69 Å². The highest BCUT2D eigenvalue weighted by Gasteiger charge is 2.07. The van der Waals surface area contributed by atoms with Crippen LogP contribution in [0.15, 0.2) is 73.1 Å². The second-order valence-corrected chi connectivity index (χ2v) is 5.19. The number of aliphatic hydroxyl groups excluding tert-OH is 1. The normalized spacial score (nSPS) is 10.4. The van der Waals surface area contributed by atoms with E-state index in [2.05, 4.69) is 5.32 Å². The molecule has 1 amide bonds. The molecule has 24 heavy (non-hydrogen) atoms. The molecule has 0 saturated carbocycles. The summed E-state index contributed by atoms with van der Waals surface area (Å²) < 4.78 is 7.24. The molecule has 1 aromatic heterocycles. The first-order valence-corrected chi connectivity index (χ1v) is 7.65. The molecular weight excluding hydrogens is 304 g/mol. The zero-order valence-corrected chi connectivity index (χ0v) is 13.1. The third-order valence-corrected chi connectivity index (χ3v) is 3.48. The number of anilines is 1. The molecular formula is C19H18N2O3. The van der Waals surface area contributed by atoms with Crippen molar-refractivity contribution in [1.29, 1.82) is 0 Å². The molecule has 1 heterocycles. The monoisotopic (exact) mass is 322 g/mol. The second-order valence-electron chi connectivity index (χ2n) is 5.19. The number of benzene rings is 2. The van der Waals surface area contributed by atoms with Gasteiger partial charge in [-0.2, -0.15) is 0 Å². The van der Waals surface area contributed by atoms with Crippen molar-refractivity contribution in [3.63, 3.8) is 0 Å². The van der Waals surface area contributed by atoms with Gasteiger partial charge in [0.05, 0.1) is 6.61 Å². The molecule has 0 aliphatic rings. The average Bonchev–Trinajstić information content (AvgIpc) is 3.16. The number of nitrogens with zero attached hydrogens (tertiary/aromatic N) is 1. The first-order valence-electron chi connectivity index (χ1n) is 7.65. The van der Waals surface area contributed by atoms with Crippen LogP contribution in [-0.4, -0.2) is 28.8 Å². The van der Waals surface area contributed by atoms with Gasteiger partial charge in [0.25, 0.3) is 5.91 Å². The number of hydrogen-bond acceptors (Lipinski definition) is 3. The van der Waals surface area contributed by atoms with Gasteiger partial charge in [-0.1, -0.05) is 6.07 Å². The van der Waals surface area contributed by atoms with Crippen LogP contribution < -0.4 is 10.1 Å². The van der Waals surface area contributed by atoms with Gasteiger partial charge in [0.2, 0.25) is 0 Å². The van der Waals surface area contributed by atoms with Gasteiger partial charge < -0.3 is 19.7 Å². The average molecular weight is 322 g/mol. The van der Waals surface area contributed by atoms with Crippen molar-refractivity contribution in [2.45, 2.75) is 0 Å². The lowest BCUT2D eigenvalue weighted by molar-refractivity contribution is 0.102. The third-order valence-electron chi connectivity index (χ3n) is 3.48. The summed E-state index contributed by atoms with van der Waals surface area (Å²) >= 11 is 0. The molecule has 0 aliphatic carbocycles. The minimum Gasteiger partial charge on any atom is -0.491 e. The SMILES string of the molecule is O=C(Nc1ccc(OCCO)cc1)c1cccc(-n2cccc2)c1. The summed E-state index contributed by atoms with van der Waals surface area (Å²) in [5, 5.41) is 11.6. The number of hydrogen-bond donors (Lipinski definition) is 2. The van der Waals surface area contributed by atoms with E-state index in [0.29, 0.717) is 17.0 Å². The van der Waals surface area contributed by atoms with Gasteiger partial charge in [0.1, 0.15) is 12.4 Å². The van der Waals surface area contributed by atoms with Gasteiger partial charge >= 0.3 is 0 Å². The fourth-order valence-electron chi connectivity index (χ4n) is 2.32. The fraction of sp³-hybridized carbons (Fsp3) is 0.105. The van der Waals surface area contributed by atoms with Crippen LogP contribution in [0.3, 0.4) is 0 Å². The van der Waals surface area contributed by atoms with Gasteiger partial charge in [-0.05, 0) is 54.6 Å². The molecule has 0 bridgehead atoms. The summed E-state index contributed by atoms with van der Waals surface area (Å²) in [6.45, 7) is 0.216. The van der Waals surface area contributed by atoms with Gasteiger partial charge in [-0.15, -0.1) is 0 Å². The maximum Gasteiger partial charge on any atom is 0.255 e. The Morgan fingerprint density at radius 1 is 1.04 bits per heavy atom. The highest BCUT2D eigenvalue weighted by molar-refractivity contribution is 6.04. The Morgan fingerprint density at radius 3 is 2.50 bits per heavy atom. The number of ether oxygens (including phenoxy) is 1. The molecule has 5 nitrogen and oxygen atoms in total. The van der Waals surface area contributed by atoms with Crippen molar-refractivity contribution in [1.82, 2.24) is 4.57 Å². The van der Waals surface area contributed by atoms with E-state index in [1.54, 1.807) is 30.3 Å². The van der Waals surface area contributed by atoms with Crippen LogP contribution in [0, 0.1) is 0 Å². The van der Waals surface area contributed by atoms with E-state index in [-0.39, 0.29) is 19.1 Å². The molecule has 0 fully saturated rings. The number of aliphatic hydroxyl groups is 1. The highest BCUT2D eigenvalue weighted by Crippen LogP contribution is 2.17. The molecule has 0 aliphatic heterocycles. The number of aromatic nitrogens is 1. The van der Waals surface area contributed by atoms with Crippen molar-refractivity contribution in [2.24, 2.45) is 0 Å². The van der Waals surface area contributed by atoms with Crippen molar-refractivity contribution < 1.29 is 14.6 Å². The largest absolute Gasteiger partial charge is 0.491 e. The molecule has 122 valence electrons. The lowest BCUT2D eigenvalue weighted by atomic mass is 10.2. The van der Waals surface area contributed by atoms with Gasteiger partial charge in [0, 0.05) is 29.3 Å². The Balaban J connectivity index is 1.70. The standard InChI is InChI=1S/C19H18N2O3/c22-12-13-24-18-8-6-16(7-9-18)20-19(23)15-4-3-5-17(14-15)21-10-1-2-11-21/h1-11,14,22H,12-13H2,(H,20,23). The molecule has 2 aromatic carbocycles. The van der Waals surface area contributed by atoms with E-state index >= 15 is 0 Å². The van der Waals surface area contributed by atoms with Crippen molar-refractivity contribution in [3.05, 3.63) is 78.6 Å². The molecule has 0 atom stereocenters. The minimum absolute atomic E-state index is 0.0315. The summed E-state index contributed by atoms with van der Waals surface area (Å²) in [5.41, 5.74) is 2.20. The number of amides is 1. The third kappa shape index (κ3) is 3.83. The van der Waals surface area contributed by atoms with E-state index in [0.717, 1.165) is 5.69 Å². The molecule has 3 aromatic rings. The lowest BCUT2D eigenvalue weighted by Crippen LogP contribution is -2.12. The molecule has 0 unspecified atom stereocenters. The van der Waals surface area contributed by atoms with Gasteiger partial charge in [-0.25, -0.2) is 0 Å². The van der Waals surface area contributed by atoms with Crippen LogP contribution in [0.5, 0.6) is 5.75 Å². The topological polar surface area (TPSA) is 63.5 Å². The number of rotatable bonds is 6. The molecule has 5 heteroatoms. The Bertz CT molecular complexity index is 796. The van der Waals surface area contributed by atoms with E-state index in [1.807, 2.05) is 47.3 Å². The summed E-state index contributed by atoms with van der Waals surface area (Å²) in [6, 6.07) is 18.3. The van der Waals surface area contributed by atoms with Gasteiger partial charge in [0.15, 0.2) is 0 Å². The predicted molar refractivity (Wildman–Crippen MR) is 92.7 cm³/mol. The Kier molecular flexibility index (Phi) is 4.93. The smallest absolute Gasteiger partial charge is 0.255 e. The van der Waals surface area contributed by atoms with Crippen LogP contribution >= 0.6 is 0 Å². The predicted octanol–water partition coefficient (Wildman–Crippen LogP) is 3.10. The summed E-state index contributed by atoms with van der Waals surface area (Å²) in [5.74, 6) is 0.477. The molecule has 2 N–H and O–H groups in total. The summed E-state index contributed by atoms with van der Waals surface area (Å²) in [6.07, 6.45) is 3.87. The van der Waals surface area contributed by atoms with Crippen molar-refractivity contribution in [2.75, 3.05) is 18.5 Å². The van der Waals surface area contributed by atoms with E-state index in [1.165, 1.54) is 0 Å². The second kappa shape index (κ2) is 7.48. The Labute approximate surface area is 140 Å². The summed E-state index contributed by atoms with van der Waals surface area (Å²) in [7, 11) is 0. The van der Waals surface area contributed by atoms with Gasteiger partial charge in [-0.3, -0.25) is 4.79 Å². The molecule has 0 radical (unpaired) electrons. The maximum atomic E-state index is 12.4. The Hall–Kier alpha value is -3.05. The fourth-order valence-corrected chi connectivity index (χ4v) is 2.32. The van der Waals surface area contributed by atoms with Crippen LogP contribution in [0.25, 0.3) is 5.69 Å². The van der Waals surface area contributed by atoms with Crippen molar-refractivity contribution in [3.8, 4) is 11.4 Å². The van der Waals surface area contributed by atoms with Crippen LogP contribution in [0.1, 0.15) is 10.4 Å². The zero-order chi connectivity index (χ0) is 16.8. The molecule has 0 saturated heterocycles. The lowest BCUT2D eigenvalue weighted by Gasteiger charge is -2.09. The van der Waals surface area contributed by atoms with Crippen LogP contribution in [0.2, 0.25) is 0 Å². The quantitative estimate of drug-likeness (QED) is 0.733. The Morgan fingerprint density at radius 2 is 1.79 bits per heavy atom. The van der Waals surface area contributed by atoms with E-state index in [9.17, 15) is 4.79 Å². The van der Waals surface area contributed by atoms with E-state index < -0.39 is 0 Å². The van der Waals surface area contributed by atoms with Crippen molar-refractivity contribution >= 4 is 11.6 Å². The summed E-state index contributed by atoms with van der Waals surface area (Å²) in [4.78, 5) is 12.4. The van der Waals surface area contributed by atoms with E-state index in [4.69, 9.17) is 9.84 Å². The van der Waals surface area contributed by atoms with Crippen LogP contribution in [-0.2, 0) is 0 Å². The first-order chi connectivity index (χ1) is 11.8. The molecule has 3 rings (SSSR count). The first kappa shape index (κ1) is 15.8.